The highest BCUT2D eigenvalue weighted by atomic mass is 35.5. The highest BCUT2D eigenvalue weighted by Crippen LogP contribution is 2.07. The highest BCUT2D eigenvalue weighted by Gasteiger charge is 2.21. The first-order valence-corrected chi connectivity index (χ1v) is 3.20. The average molecular weight is 168 g/mol. The molecule has 1 aliphatic rings. The number of hydrogen-bond donors (Lipinski definition) is 1. The molecule has 0 aliphatic carbocycles. The van der Waals surface area contributed by atoms with Crippen LogP contribution in [0.1, 0.15) is 6.42 Å². The molecule has 2 atom stereocenters. The number of rotatable bonds is 1. The van der Waals surface area contributed by atoms with E-state index in [1.807, 2.05) is 0 Å². The average Bonchev–Trinajstić information content (AvgIpc) is 1.89. The molecule has 2 N–H and O–H groups in total. The van der Waals surface area contributed by atoms with Crippen LogP contribution in [0, 0.1) is 0 Å². The van der Waals surface area contributed by atoms with E-state index < -0.39 is 0 Å². The van der Waals surface area contributed by atoms with Gasteiger partial charge in [-0.2, -0.15) is 0 Å². The predicted octanol–water partition coefficient (Wildman–Crippen LogP) is 0.171. The van der Waals surface area contributed by atoms with Crippen LogP contribution in [0.15, 0.2) is 0 Å². The normalized spacial score (nSPS) is 33.0. The van der Waals surface area contributed by atoms with E-state index in [-0.39, 0.29) is 24.6 Å². The van der Waals surface area contributed by atoms with Crippen molar-refractivity contribution in [1.82, 2.24) is 0 Å². The quantitative estimate of drug-likeness (QED) is 0.606. The molecule has 62 valence electrons. The highest BCUT2D eigenvalue weighted by molar-refractivity contribution is 5.85. The minimum absolute atomic E-state index is 0. The van der Waals surface area contributed by atoms with Crippen molar-refractivity contribution in [3.8, 4) is 0 Å². The number of ether oxygens (including phenoxy) is 2. The Balaban J connectivity index is 0.000000810. The predicted molar refractivity (Wildman–Crippen MR) is 41.5 cm³/mol. The second kappa shape index (κ2) is 4.91. The molecule has 3 nitrogen and oxygen atoms in total. The fourth-order valence-corrected chi connectivity index (χ4v) is 1.03. The SMILES string of the molecule is CO[C@H]1CCOC[C@H]1N.Cl. The second-order valence-corrected chi connectivity index (χ2v) is 2.30. The lowest BCUT2D eigenvalue weighted by molar-refractivity contribution is -0.0258. The maximum absolute atomic E-state index is 5.64. The molecule has 4 heteroatoms. The van der Waals surface area contributed by atoms with E-state index in [4.69, 9.17) is 15.2 Å². The van der Waals surface area contributed by atoms with Crippen molar-refractivity contribution in [3.63, 3.8) is 0 Å². The van der Waals surface area contributed by atoms with E-state index in [0.717, 1.165) is 13.0 Å². The summed E-state index contributed by atoms with van der Waals surface area (Å²) in [4.78, 5) is 0. The van der Waals surface area contributed by atoms with E-state index in [1.165, 1.54) is 0 Å². The summed E-state index contributed by atoms with van der Waals surface area (Å²) in [7, 11) is 1.69. The standard InChI is InChI=1S/C6H13NO2.ClH/c1-8-6-2-3-9-4-5(6)7;/h5-6H,2-4,7H2,1H3;1H/t5-,6+;/m1./s1. The Morgan fingerprint density at radius 1 is 1.60 bits per heavy atom. The third-order valence-electron chi connectivity index (χ3n) is 1.64. The van der Waals surface area contributed by atoms with Gasteiger partial charge in [-0.05, 0) is 6.42 Å². The molecule has 1 rings (SSSR count). The minimum Gasteiger partial charge on any atom is -0.380 e. The molecule has 0 aromatic carbocycles. The Kier molecular flexibility index (Phi) is 4.99. The van der Waals surface area contributed by atoms with Crippen LogP contribution in [0.5, 0.6) is 0 Å². The molecule has 1 aliphatic heterocycles. The smallest absolute Gasteiger partial charge is 0.0766 e. The lowest BCUT2D eigenvalue weighted by atomic mass is 10.1. The molecule has 0 aromatic rings. The van der Waals surface area contributed by atoms with E-state index in [0.29, 0.717) is 6.61 Å². The van der Waals surface area contributed by atoms with Gasteiger partial charge in [-0.1, -0.05) is 0 Å². The lowest BCUT2D eigenvalue weighted by Gasteiger charge is -2.26. The third kappa shape index (κ3) is 2.42. The van der Waals surface area contributed by atoms with Gasteiger partial charge >= 0.3 is 0 Å². The lowest BCUT2D eigenvalue weighted by Crippen LogP contribution is -2.44. The first-order valence-electron chi connectivity index (χ1n) is 3.20. The summed E-state index contributed by atoms with van der Waals surface area (Å²) < 4.78 is 10.2. The van der Waals surface area contributed by atoms with E-state index >= 15 is 0 Å². The zero-order valence-electron chi connectivity index (χ0n) is 6.08. The summed E-state index contributed by atoms with van der Waals surface area (Å²) in [6.45, 7) is 1.42. The number of hydrogen-bond acceptors (Lipinski definition) is 3. The molecule has 10 heavy (non-hydrogen) atoms. The van der Waals surface area contributed by atoms with E-state index in [1.54, 1.807) is 7.11 Å². The third-order valence-corrected chi connectivity index (χ3v) is 1.64. The van der Waals surface area contributed by atoms with Gasteiger partial charge < -0.3 is 15.2 Å². The van der Waals surface area contributed by atoms with Crippen LogP contribution in [0.25, 0.3) is 0 Å². The first kappa shape index (κ1) is 10.2. The van der Waals surface area contributed by atoms with Crippen molar-refractivity contribution in [2.45, 2.75) is 18.6 Å². The van der Waals surface area contributed by atoms with Gasteiger partial charge in [0.2, 0.25) is 0 Å². The van der Waals surface area contributed by atoms with Gasteiger partial charge in [0.15, 0.2) is 0 Å². The van der Waals surface area contributed by atoms with Gasteiger partial charge in [-0.15, -0.1) is 12.4 Å². The Bertz CT molecular complexity index is 91.8. The molecular weight excluding hydrogens is 154 g/mol. The molecule has 1 fully saturated rings. The summed E-state index contributed by atoms with van der Waals surface area (Å²) in [6, 6.07) is 0.0729. The second-order valence-electron chi connectivity index (χ2n) is 2.30. The van der Waals surface area contributed by atoms with Gasteiger partial charge in [-0.25, -0.2) is 0 Å². The fraction of sp³-hybridized carbons (Fsp3) is 1.00. The molecule has 0 amide bonds. The van der Waals surface area contributed by atoms with Crippen LogP contribution in [-0.4, -0.2) is 32.5 Å². The number of methoxy groups -OCH3 is 1. The van der Waals surface area contributed by atoms with Crippen LogP contribution < -0.4 is 5.73 Å². The Hall–Kier alpha value is 0.170. The van der Waals surface area contributed by atoms with Gasteiger partial charge in [0, 0.05) is 13.7 Å². The first-order chi connectivity index (χ1) is 4.34. The summed E-state index contributed by atoms with van der Waals surface area (Å²) in [5.74, 6) is 0. The molecule has 0 spiro atoms. The van der Waals surface area contributed by atoms with Crippen molar-refractivity contribution in [1.29, 1.82) is 0 Å². The summed E-state index contributed by atoms with van der Waals surface area (Å²) in [5, 5.41) is 0. The van der Waals surface area contributed by atoms with Crippen molar-refractivity contribution in [3.05, 3.63) is 0 Å². The van der Waals surface area contributed by atoms with Gasteiger partial charge in [0.05, 0.1) is 18.8 Å². The monoisotopic (exact) mass is 167 g/mol. The van der Waals surface area contributed by atoms with E-state index in [2.05, 4.69) is 0 Å². The zero-order chi connectivity index (χ0) is 6.69. The molecule has 0 radical (unpaired) electrons. The van der Waals surface area contributed by atoms with Crippen LogP contribution >= 0.6 is 12.4 Å². The molecule has 0 aromatic heterocycles. The minimum atomic E-state index is 0. The van der Waals surface area contributed by atoms with Crippen LogP contribution in [0.3, 0.4) is 0 Å². The summed E-state index contributed by atoms with van der Waals surface area (Å²) in [6.07, 6.45) is 1.14. The molecule has 1 heterocycles. The van der Waals surface area contributed by atoms with Gasteiger partial charge in [0.25, 0.3) is 0 Å². The van der Waals surface area contributed by atoms with Gasteiger partial charge in [-0.3, -0.25) is 0 Å². The molecule has 0 unspecified atom stereocenters. The molecular formula is C6H14ClNO2. The summed E-state index contributed by atoms with van der Waals surface area (Å²) in [5.41, 5.74) is 5.64. The van der Waals surface area contributed by atoms with Crippen molar-refractivity contribution >= 4 is 12.4 Å². The Labute approximate surface area is 67.3 Å². The number of nitrogens with two attached hydrogens (primary N) is 1. The topological polar surface area (TPSA) is 44.5 Å². The Morgan fingerprint density at radius 3 is 2.70 bits per heavy atom. The van der Waals surface area contributed by atoms with Crippen LogP contribution in [-0.2, 0) is 9.47 Å². The van der Waals surface area contributed by atoms with Crippen molar-refractivity contribution in [2.24, 2.45) is 5.73 Å². The van der Waals surface area contributed by atoms with Crippen LogP contribution in [0.2, 0.25) is 0 Å². The van der Waals surface area contributed by atoms with E-state index in [9.17, 15) is 0 Å². The zero-order valence-corrected chi connectivity index (χ0v) is 6.89. The van der Waals surface area contributed by atoms with Crippen molar-refractivity contribution < 1.29 is 9.47 Å². The molecule has 0 bridgehead atoms. The Morgan fingerprint density at radius 2 is 2.30 bits per heavy atom. The van der Waals surface area contributed by atoms with Gasteiger partial charge in [0.1, 0.15) is 0 Å². The summed E-state index contributed by atoms with van der Waals surface area (Å²) >= 11 is 0. The largest absolute Gasteiger partial charge is 0.380 e. The fourth-order valence-electron chi connectivity index (χ4n) is 1.03. The molecule has 0 saturated carbocycles. The van der Waals surface area contributed by atoms with Crippen LogP contribution in [0.4, 0.5) is 0 Å². The van der Waals surface area contributed by atoms with Crippen molar-refractivity contribution in [2.75, 3.05) is 20.3 Å². The number of halogens is 1. The maximum Gasteiger partial charge on any atom is 0.0766 e. The maximum atomic E-state index is 5.64. The molecule has 1 saturated heterocycles.